The quantitative estimate of drug-likeness (QED) is 0.802. The van der Waals surface area contributed by atoms with Gasteiger partial charge in [0.05, 0.1) is 5.02 Å². The molecule has 2 rings (SSSR count). The van der Waals surface area contributed by atoms with E-state index in [9.17, 15) is 0 Å². The Hall–Kier alpha value is -0.580. The molecule has 0 amide bonds. The van der Waals surface area contributed by atoms with Crippen LogP contribution in [0, 0.1) is 0 Å². The van der Waals surface area contributed by atoms with Gasteiger partial charge in [0.15, 0.2) is 0 Å². The van der Waals surface area contributed by atoms with Crippen LogP contribution in [0.15, 0.2) is 27.2 Å². The van der Waals surface area contributed by atoms with E-state index in [2.05, 4.69) is 26.1 Å². The van der Waals surface area contributed by atoms with Crippen molar-refractivity contribution < 1.29 is 4.52 Å². The minimum absolute atomic E-state index is 0.0890. The second kappa shape index (κ2) is 3.88. The van der Waals surface area contributed by atoms with Crippen molar-refractivity contribution in [3.05, 3.63) is 33.0 Å². The molecule has 72 valence electrons. The van der Waals surface area contributed by atoms with Crippen LogP contribution in [0.3, 0.4) is 0 Å². The maximum Gasteiger partial charge on any atom is 0.264 e. The van der Waals surface area contributed by atoms with Gasteiger partial charge in [-0.25, -0.2) is 0 Å². The average Bonchev–Trinajstić information content (AvgIpc) is 2.57. The summed E-state index contributed by atoms with van der Waals surface area (Å²) in [6, 6.07) is 5.29. The third kappa shape index (κ3) is 1.92. The lowest BCUT2D eigenvalue weighted by atomic mass is 10.2. The van der Waals surface area contributed by atoms with Gasteiger partial charge in [0.1, 0.15) is 0 Å². The van der Waals surface area contributed by atoms with Crippen LogP contribution in [0.5, 0.6) is 0 Å². The zero-order valence-electron chi connectivity index (χ0n) is 6.67. The van der Waals surface area contributed by atoms with Crippen LogP contribution < -0.4 is 0 Å². The summed E-state index contributed by atoms with van der Waals surface area (Å²) < 4.78 is 5.66. The van der Waals surface area contributed by atoms with Crippen LogP contribution in [0.2, 0.25) is 10.3 Å². The number of halogens is 3. The van der Waals surface area contributed by atoms with E-state index in [1.165, 1.54) is 0 Å². The van der Waals surface area contributed by atoms with Crippen molar-refractivity contribution in [3.63, 3.8) is 0 Å². The lowest BCUT2D eigenvalue weighted by Crippen LogP contribution is -1.77. The van der Waals surface area contributed by atoms with Gasteiger partial charge in [-0.2, -0.15) is 4.98 Å². The molecular weight excluding hydrogens is 291 g/mol. The van der Waals surface area contributed by atoms with Crippen molar-refractivity contribution in [3.8, 4) is 11.5 Å². The molecule has 1 aromatic carbocycles. The molecule has 0 unspecified atom stereocenters. The summed E-state index contributed by atoms with van der Waals surface area (Å²) in [5.41, 5.74) is 0.765. The summed E-state index contributed by atoms with van der Waals surface area (Å²) in [5.74, 6) is 0.368. The van der Waals surface area contributed by atoms with E-state index >= 15 is 0 Å². The molecule has 0 aliphatic carbocycles. The first-order valence-corrected chi connectivity index (χ1v) is 5.16. The number of hydrogen-bond donors (Lipinski definition) is 0. The second-order valence-electron chi connectivity index (χ2n) is 2.50. The zero-order valence-corrected chi connectivity index (χ0v) is 9.77. The number of aromatic nitrogens is 2. The van der Waals surface area contributed by atoms with Crippen molar-refractivity contribution in [1.29, 1.82) is 0 Å². The molecule has 1 heterocycles. The maximum absolute atomic E-state index is 5.83. The van der Waals surface area contributed by atoms with Crippen molar-refractivity contribution in [2.45, 2.75) is 0 Å². The summed E-state index contributed by atoms with van der Waals surface area (Å²) >= 11 is 14.7. The number of hydrogen-bond acceptors (Lipinski definition) is 3. The van der Waals surface area contributed by atoms with Crippen molar-refractivity contribution in [2.75, 3.05) is 0 Å². The number of rotatable bonds is 1. The summed E-state index contributed by atoms with van der Waals surface area (Å²) in [4.78, 5) is 3.88. The van der Waals surface area contributed by atoms with Crippen LogP contribution in [0.25, 0.3) is 11.5 Å². The summed E-state index contributed by atoms with van der Waals surface area (Å²) in [7, 11) is 0. The standard InChI is InChI=1S/C8H3BrCl2N2O/c9-5-3-4(1-2-6(5)10)7-12-8(11)13-14-7/h1-3H. The van der Waals surface area contributed by atoms with Crippen molar-refractivity contribution >= 4 is 39.1 Å². The molecule has 0 saturated carbocycles. The lowest BCUT2D eigenvalue weighted by Gasteiger charge is -1.97. The van der Waals surface area contributed by atoms with E-state index in [-0.39, 0.29) is 5.28 Å². The summed E-state index contributed by atoms with van der Waals surface area (Å²) in [6.07, 6.45) is 0. The maximum atomic E-state index is 5.83. The fourth-order valence-corrected chi connectivity index (χ4v) is 1.56. The van der Waals surface area contributed by atoms with Gasteiger partial charge < -0.3 is 4.52 Å². The fraction of sp³-hybridized carbons (Fsp3) is 0. The molecule has 0 radical (unpaired) electrons. The zero-order chi connectivity index (χ0) is 10.1. The fourth-order valence-electron chi connectivity index (χ4n) is 0.952. The van der Waals surface area contributed by atoms with E-state index in [1.807, 2.05) is 0 Å². The minimum atomic E-state index is 0.0890. The monoisotopic (exact) mass is 292 g/mol. The third-order valence-electron chi connectivity index (χ3n) is 1.57. The highest BCUT2D eigenvalue weighted by atomic mass is 79.9. The largest absolute Gasteiger partial charge is 0.333 e. The molecule has 14 heavy (non-hydrogen) atoms. The van der Waals surface area contributed by atoms with Crippen molar-refractivity contribution in [1.82, 2.24) is 10.1 Å². The first-order valence-electron chi connectivity index (χ1n) is 3.61. The normalized spacial score (nSPS) is 10.5. The van der Waals surface area contributed by atoms with Crippen LogP contribution in [-0.4, -0.2) is 10.1 Å². The molecule has 0 bridgehead atoms. The Labute approximate surface area is 98.1 Å². The Morgan fingerprint density at radius 2 is 2.07 bits per heavy atom. The molecule has 0 spiro atoms. The molecule has 6 heteroatoms. The lowest BCUT2D eigenvalue weighted by molar-refractivity contribution is 0.430. The van der Waals surface area contributed by atoms with Gasteiger partial charge in [-0.15, -0.1) is 0 Å². The molecule has 0 fully saturated rings. The van der Waals surface area contributed by atoms with E-state index in [1.54, 1.807) is 18.2 Å². The molecule has 3 nitrogen and oxygen atoms in total. The molecular formula is C8H3BrCl2N2O. The topological polar surface area (TPSA) is 38.9 Å². The summed E-state index contributed by atoms with van der Waals surface area (Å²) in [6.45, 7) is 0. The molecule has 2 aromatic rings. The number of benzene rings is 1. The molecule has 0 N–H and O–H groups in total. The van der Waals surface area contributed by atoms with Crippen LogP contribution >= 0.6 is 39.1 Å². The van der Waals surface area contributed by atoms with Gasteiger partial charge in [0, 0.05) is 10.0 Å². The van der Waals surface area contributed by atoms with Crippen LogP contribution in [-0.2, 0) is 0 Å². The van der Waals surface area contributed by atoms with Gasteiger partial charge >= 0.3 is 0 Å². The Bertz CT molecular complexity index is 472. The second-order valence-corrected chi connectivity index (χ2v) is 4.10. The van der Waals surface area contributed by atoms with Crippen LogP contribution in [0.4, 0.5) is 0 Å². The highest BCUT2D eigenvalue weighted by molar-refractivity contribution is 9.10. The highest BCUT2D eigenvalue weighted by Gasteiger charge is 2.08. The Kier molecular flexibility index (Phi) is 2.76. The predicted molar refractivity (Wildman–Crippen MR) is 57.5 cm³/mol. The van der Waals surface area contributed by atoms with E-state index in [4.69, 9.17) is 27.7 Å². The third-order valence-corrected chi connectivity index (χ3v) is 2.94. The minimum Gasteiger partial charge on any atom is -0.333 e. The molecule has 1 aromatic heterocycles. The number of nitrogens with zero attached hydrogens (tertiary/aromatic N) is 2. The van der Waals surface area contributed by atoms with Crippen molar-refractivity contribution in [2.24, 2.45) is 0 Å². The molecule has 0 saturated heterocycles. The van der Waals surface area contributed by atoms with E-state index in [0.717, 1.165) is 10.0 Å². The Morgan fingerprint density at radius 1 is 1.29 bits per heavy atom. The van der Waals surface area contributed by atoms with Gasteiger partial charge in [-0.05, 0) is 50.9 Å². The average molecular weight is 294 g/mol. The van der Waals surface area contributed by atoms with E-state index < -0.39 is 0 Å². The SMILES string of the molecule is Clc1noc(-c2ccc(Cl)c(Br)c2)n1. The predicted octanol–water partition coefficient (Wildman–Crippen LogP) is 3.81. The smallest absolute Gasteiger partial charge is 0.264 e. The molecule has 0 atom stereocenters. The highest BCUT2D eigenvalue weighted by Crippen LogP contribution is 2.28. The summed E-state index contributed by atoms with van der Waals surface area (Å²) in [5, 5.41) is 4.19. The Morgan fingerprint density at radius 3 is 2.64 bits per heavy atom. The first kappa shape index (κ1) is 9.96. The van der Waals surface area contributed by atoms with Gasteiger partial charge in [-0.1, -0.05) is 11.6 Å². The molecule has 0 aliphatic heterocycles. The Balaban J connectivity index is 2.47. The first-order chi connectivity index (χ1) is 6.66. The molecule has 0 aliphatic rings. The van der Waals surface area contributed by atoms with Gasteiger partial charge in [0.2, 0.25) is 0 Å². The van der Waals surface area contributed by atoms with E-state index in [0.29, 0.717) is 10.9 Å². The van der Waals surface area contributed by atoms with Gasteiger partial charge in [-0.3, -0.25) is 0 Å². The van der Waals surface area contributed by atoms with Crippen LogP contribution in [0.1, 0.15) is 0 Å². The van der Waals surface area contributed by atoms with Gasteiger partial charge in [0.25, 0.3) is 11.2 Å².